The number of nitrogens with zero attached hydrogens (tertiary/aromatic N) is 3. The molecule has 1 aliphatic heterocycles. The molecule has 2 atom stereocenters. The first kappa shape index (κ1) is 23.7. The van der Waals surface area contributed by atoms with E-state index in [-0.39, 0.29) is 6.04 Å². The fraction of sp³-hybridized carbons (Fsp3) is 0.417. The predicted molar refractivity (Wildman–Crippen MR) is 130 cm³/mol. The van der Waals surface area contributed by atoms with Gasteiger partial charge in [-0.2, -0.15) is 0 Å². The molecule has 1 aromatic heterocycles. The number of hydroxylamine groups is 1. The molecule has 2 aromatic rings. The van der Waals surface area contributed by atoms with E-state index in [0.717, 1.165) is 40.3 Å². The number of hydrogen-bond acceptors (Lipinski definition) is 8. The van der Waals surface area contributed by atoms with E-state index in [9.17, 15) is 5.11 Å². The van der Waals surface area contributed by atoms with Crippen LogP contribution in [-0.4, -0.2) is 54.0 Å². The maximum absolute atomic E-state index is 10.1. The summed E-state index contributed by atoms with van der Waals surface area (Å²) in [5.74, 6) is 1.31. The molecule has 2 heterocycles. The summed E-state index contributed by atoms with van der Waals surface area (Å²) in [6.45, 7) is 3.92. The third kappa shape index (κ3) is 5.72. The van der Waals surface area contributed by atoms with Crippen molar-refractivity contribution in [3.05, 3.63) is 59.2 Å². The summed E-state index contributed by atoms with van der Waals surface area (Å²) >= 11 is 6.40. The summed E-state index contributed by atoms with van der Waals surface area (Å²) < 4.78 is 5.85. The van der Waals surface area contributed by atoms with Gasteiger partial charge in [0, 0.05) is 48.9 Å². The topological polar surface area (TPSA) is 91.8 Å². The number of nitrogens with one attached hydrogen (secondary N) is 2. The van der Waals surface area contributed by atoms with Crippen LogP contribution < -0.4 is 20.4 Å². The summed E-state index contributed by atoms with van der Waals surface area (Å²) in [7, 11) is 1.64. The minimum atomic E-state index is -0.482. The van der Waals surface area contributed by atoms with E-state index in [0.29, 0.717) is 37.4 Å². The van der Waals surface area contributed by atoms with Crippen LogP contribution >= 0.6 is 11.6 Å². The van der Waals surface area contributed by atoms with Crippen LogP contribution in [0.15, 0.2) is 59.2 Å². The van der Waals surface area contributed by atoms with Crippen molar-refractivity contribution in [3.8, 4) is 5.75 Å². The largest absolute Gasteiger partial charge is 0.465 e. The molecule has 0 saturated heterocycles. The van der Waals surface area contributed by atoms with Gasteiger partial charge in [-0.1, -0.05) is 17.7 Å². The molecule has 1 aromatic carbocycles. The monoisotopic (exact) mass is 471 g/mol. The van der Waals surface area contributed by atoms with E-state index in [1.165, 1.54) is 0 Å². The number of aliphatic hydroxyl groups excluding tert-OH is 1. The quantitative estimate of drug-likeness (QED) is 0.614. The van der Waals surface area contributed by atoms with Crippen molar-refractivity contribution in [2.75, 3.05) is 31.8 Å². The second-order valence-corrected chi connectivity index (χ2v) is 8.62. The van der Waals surface area contributed by atoms with Gasteiger partial charge in [-0.05, 0) is 43.2 Å². The molecule has 8 nitrogen and oxygen atoms in total. The zero-order valence-corrected chi connectivity index (χ0v) is 19.7. The molecule has 4 rings (SSSR count). The van der Waals surface area contributed by atoms with Gasteiger partial charge in [0.05, 0.1) is 30.7 Å². The molecule has 0 fully saturated rings. The van der Waals surface area contributed by atoms with Gasteiger partial charge in [0.2, 0.25) is 0 Å². The first-order valence-corrected chi connectivity index (χ1v) is 11.5. The lowest BCUT2D eigenvalue weighted by Crippen LogP contribution is -2.41. The van der Waals surface area contributed by atoms with Crippen LogP contribution in [0.5, 0.6) is 5.75 Å². The Kier molecular flexibility index (Phi) is 7.95. The Hall–Kier alpha value is -2.49. The lowest BCUT2D eigenvalue weighted by atomic mass is 10.0. The molecule has 1 aliphatic carbocycles. The van der Waals surface area contributed by atoms with E-state index in [1.54, 1.807) is 31.7 Å². The molecule has 9 heteroatoms. The number of allylic oxidation sites excluding steroid dienone is 2. The second-order valence-electron chi connectivity index (χ2n) is 8.14. The number of fused-ring (bicyclic) bond motifs is 1. The number of ether oxygens (including phenoxy) is 1. The number of halogens is 1. The van der Waals surface area contributed by atoms with Crippen molar-refractivity contribution in [1.29, 1.82) is 0 Å². The van der Waals surface area contributed by atoms with Gasteiger partial charge >= 0.3 is 0 Å². The Morgan fingerprint density at radius 3 is 3.00 bits per heavy atom. The van der Waals surface area contributed by atoms with Crippen LogP contribution in [0.2, 0.25) is 0 Å². The van der Waals surface area contributed by atoms with Crippen LogP contribution in [0.4, 0.5) is 5.82 Å². The summed E-state index contributed by atoms with van der Waals surface area (Å²) in [5.41, 5.74) is 2.93. The second kappa shape index (κ2) is 11.1. The van der Waals surface area contributed by atoms with Crippen LogP contribution in [0.1, 0.15) is 26.2 Å². The average molecular weight is 472 g/mol. The summed E-state index contributed by atoms with van der Waals surface area (Å²) in [6.07, 6.45) is 8.56. The Morgan fingerprint density at radius 1 is 1.30 bits per heavy atom. The van der Waals surface area contributed by atoms with Crippen LogP contribution in [0.25, 0.3) is 10.9 Å². The lowest BCUT2D eigenvalue weighted by molar-refractivity contribution is 0.146. The lowest BCUT2D eigenvalue weighted by Gasteiger charge is -2.29. The molecule has 2 bridgehead atoms. The normalized spacial score (nSPS) is 22.4. The summed E-state index contributed by atoms with van der Waals surface area (Å²) in [4.78, 5) is 14.8. The SMILES string of the molecule is CON1C2=C(CNCCNC(C(C)O)C/C=C\Oc3ccc4ncnc1c4c3)CC(Cl)=CC2. The zero-order valence-electron chi connectivity index (χ0n) is 18.9. The van der Waals surface area contributed by atoms with E-state index < -0.39 is 6.10 Å². The highest BCUT2D eigenvalue weighted by atomic mass is 35.5. The average Bonchev–Trinajstić information content (AvgIpc) is 2.81. The van der Waals surface area contributed by atoms with Crippen molar-refractivity contribution in [2.45, 2.75) is 38.3 Å². The molecule has 0 saturated carbocycles. The maximum Gasteiger partial charge on any atom is 0.168 e. The highest BCUT2D eigenvalue weighted by Gasteiger charge is 2.23. The highest BCUT2D eigenvalue weighted by molar-refractivity contribution is 6.29. The van der Waals surface area contributed by atoms with E-state index in [4.69, 9.17) is 21.2 Å². The van der Waals surface area contributed by atoms with E-state index in [2.05, 4.69) is 20.6 Å². The fourth-order valence-electron chi connectivity index (χ4n) is 4.07. The van der Waals surface area contributed by atoms with E-state index >= 15 is 0 Å². The minimum Gasteiger partial charge on any atom is -0.465 e. The highest BCUT2D eigenvalue weighted by Crippen LogP contribution is 2.35. The molecule has 33 heavy (non-hydrogen) atoms. The molecule has 176 valence electrons. The summed E-state index contributed by atoms with van der Waals surface area (Å²) in [5, 5.41) is 20.4. The number of anilines is 1. The first-order chi connectivity index (χ1) is 16.1. The van der Waals surface area contributed by atoms with Crippen molar-refractivity contribution in [1.82, 2.24) is 20.6 Å². The maximum atomic E-state index is 10.1. The smallest absolute Gasteiger partial charge is 0.168 e. The minimum absolute atomic E-state index is 0.0650. The molecule has 0 spiro atoms. The third-order valence-corrected chi connectivity index (χ3v) is 6.12. The van der Waals surface area contributed by atoms with Crippen LogP contribution in [0, 0.1) is 0 Å². The Morgan fingerprint density at radius 2 is 2.18 bits per heavy atom. The van der Waals surface area contributed by atoms with Crippen LogP contribution in [0.3, 0.4) is 0 Å². The van der Waals surface area contributed by atoms with Crippen molar-refractivity contribution in [3.63, 3.8) is 0 Å². The number of hydrogen-bond donors (Lipinski definition) is 3. The van der Waals surface area contributed by atoms with Gasteiger partial charge in [0.25, 0.3) is 0 Å². The van der Waals surface area contributed by atoms with Gasteiger partial charge in [0.15, 0.2) is 5.82 Å². The molecule has 0 radical (unpaired) electrons. The van der Waals surface area contributed by atoms with Gasteiger partial charge in [0.1, 0.15) is 12.1 Å². The zero-order chi connectivity index (χ0) is 23.2. The van der Waals surface area contributed by atoms with Gasteiger partial charge in [-0.25, -0.2) is 15.0 Å². The molecular formula is C24H30ClN5O3. The number of rotatable bonds is 2. The Bertz CT molecular complexity index is 1070. The molecule has 3 N–H and O–H groups in total. The number of aliphatic hydroxyl groups is 1. The van der Waals surface area contributed by atoms with Gasteiger partial charge in [-0.3, -0.25) is 4.84 Å². The van der Waals surface area contributed by atoms with Crippen molar-refractivity contribution < 1.29 is 14.7 Å². The van der Waals surface area contributed by atoms with E-state index in [1.807, 2.05) is 30.4 Å². The number of benzene rings is 1. The van der Waals surface area contributed by atoms with Gasteiger partial charge in [-0.15, -0.1) is 0 Å². The van der Waals surface area contributed by atoms with Crippen molar-refractivity contribution >= 4 is 28.3 Å². The number of aromatic nitrogens is 2. The third-order valence-electron chi connectivity index (χ3n) is 5.83. The Balaban J connectivity index is 1.75. The van der Waals surface area contributed by atoms with Crippen LogP contribution in [-0.2, 0) is 4.84 Å². The Labute approximate surface area is 198 Å². The van der Waals surface area contributed by atoms with Gasteiger partial charge < -0.3 is 20.5 Å². The molecule has 0 amide bonds. The first-order valence-electron chi connectivity index (χ1n) is 11.1. The summed E-state index contributed by atoms with van der Waals surface area (Å²) in [6, 6.07) is 5.62. The fourth-order valence-corrected chi connectivity index (χ4v) is 4.31. The molecule has 2 unspecified atom stereocenters. The molecule has 2 aliphatic rings. The standard InChI is InChI=1S/C24H30ClN5O3/c1-16(31)21-4-3-11-33-19-6-7-22-20(13-19)24(29-15-28-22)30(32-2)23-8-5-18(25)12-17(23)14-26-9-10-27-21/h3,5-7,11,13,15-16,21,26-27,31H,4,8-10,12,14H2,1-2H3/b11-3-. The molecular weight excluding hydrogens is 442 g/mol. The van der Waals surface area contributed by atoms with Crippen molar-refractivity contribution in [2.24, 2.45) is 0 Å². The predicted octanol–water partition coefficient (Wildman–Crippen LogP) is 3.39.